The lowest BCUT2D eigenvalue weighted by Gasteiger charge is -2.18. The molecule has 8 nitrogen and oxygen atoms in total. The Balaban J connectivity index is 1.67. The average molecular weight is 393 g/mol. The van der Waals surface area contributed by atoms with E-state index in [2.05, 4.69) is 9.97 Å². The topological polar surface area (TPSA) is 108 Å². The molecule has 0 aliphatic heterocycles. The summed E-state index contributed by atoms with van der Waals surface area (Å²) in [6.45, 7) is 1.68. The van der Waals surface area contributed by atoms with Gasteiger partial charge in [0.15, 0.2) is 12.0 Å². The van der Waals surface area contributed by atoms with Gasteiger partial charge in [0.2, 0.25) is 5.76 Å². The highest BCUT2D eigenvalue weighted by Gasteiger charge is 2.31. The van der Waals surface area contributed by atoms with Crippen molar-refractivity contribution >= 4 is 11.7 Å². The summed E-state index contributed by atoms with van der Waals surface area (Å²) < 4.78 is 11.3. The molecule has 1 atom stereocenters. The summed E-state index contributed by atoms with van der Waals surface area (Å²) >= 11 is 0. The van der Waals surface area contributed by atoms with E-state index in [9.17, 15) is 14.9 Å². The minimum Gasteiger partial charge on any atom is -0.446 e. The van der Waals surface area contributed by atoms with Crippen LogP contribution in [0.25, 0.3) is 0 Å². The molecule has 4 rings (SSSR count). The Kier molecular flexibility index (Phi) is 5.07. The van der Waals surface area contributed by atoms with Crippen LogP contribution in [-0.4, -0.2) is 20.9 Å². The summed E-state index contributed by atoms with van der Waals surface area (Å²) in [6.07, 6.45) is 5.07. The second-order valence-corrected chi connectivity index (χ2v) is 7.06. The molecule has 0 spiro atoms. The van der Waals surface area contributed by atoms with Crippen molar-refractivity contribution in [2.75, 3.05) is 0 Å². The summed E-state index contributed by atoms with van der Waals surface area (Å²) in [5.41, 5.74) is 1.08. The van der Waals surface area contributed by atoms with Crippen molar-refractivity contribution in [3.63, 3.8) is 0 Å². The number of carbonyl (C=O) groups is 1. The predicted octanol–water partition coefficient (Wildman–Crippen LogP) is 4.19. The molecule has 0 amide bonds. The molecular formula is C21H19N3O5. The van der Waals surface area contributed by atoms with E-state index in [1.165, 1.54) is 12.3 Å². The highest BCUT2D eigenvalue weighted by atomic mass is 16.6. The molecule has 1 fully saturated rings. The molecule has 0 N–H and O–H groups in total. The highest BCUT2D eigenvalue weighted by Crippen LogP contribution is 2.35. The first-order valence-electron chi connectivity index (χ1n) is 9.33. The number of oxazole rings is 1. The van der Waals surface area contributed by atoms with Crippen molar-refractivity contribution in [3.05, 3.63) is 87.4 Å². The van der Waals surface area contributed by atoms with Crippen LogP contribution in [0.4, 0.5) is 5.69 Å². The number of pyridine rings is 1. The van der Waals surface area contributed by atoms with Crippen LogP contribution in [0.5, 0.6) is 0 Å². The number of esters is 1. The summed E-state index contributed by atoms with van der Waals surface area (Å²) in [5, 5.41) is 11.5. The fourth-order valence-electron chi connectivity index (χ4n) is 3.18. The lowest BCUT2D eigenvalue weighted by atomic mass is 10.0. The first-order chi connectivity index (χ1) is 14.0. The average Bonchev–Trinajstić information content (AvgIpc) is 3.46. The van der Waals surface area contributed by atoms with Crippen molar-refractivity contribution in [2.45, 2.75) is 32.3 Å². The van der Waals surface area contributed by atoms with Gasteiger partial charge in [-0.3, -0.25) is 15.1 Å². The maximum Gasteiger partial charge on any atom is 0.377 e. The SMILES string of the molecule is Cc1nc(CC2CC2)oc1C(=O)OC(c1cccnc1)c1ccccc1[N+](=O)[O-]. The Morgan fingerprint density at radius 2 is 2.10 bits per heavy atom. The molecule has 2 aromatic heterocycles. The number of benzene rings is 1. The molecule has 1 aliphatic carbocycles. The smallest absolute Gasteiger partial charge is 0.377 e. The van der Waals surface area contributed by atoms with Crippen molar-refractivity contribution in [3.8, 4) is 0 Å². The van der Waals surface area contributed by atoms with Crippen molar-refractivity contribution < 1.29 is 18.9 Å². The first kappa shape index (κ1) is 18.8. The number of para-hydroxylation sites is 1. The van der Waals surface area contributed by atoms with Gasteiger partial charge in [0, 0.05) is 30.4 Å². The first-order valence-corrected chi connectivity index (χ1v) is 9.33. The molecule has 8 heteroatoms. The van der Waals surface area contributed by atoms with Gasteiger partial charge in [0.05, 0.1) is 16.2 Å². The van der Waals surface area contributed by atoms with Gasteiger partial charge in [-0.25, -0.2) is 9.78 Å². The van der Waals surface area contributed by atoms with E-state index >= 15 is 0 Å². The van der Waals surface area contributed by atoms with Crippen molar-refractivity contribution in [2.24, 2.45) is 5.92 Å². The second kappa shape index (κ2) is 7.83. The van der Waals surface area contributed by atoms with Gasteiger partial charge >= 0.3 is 5.97 Å². The summed E-state index contributed by atoms with van der Waals surface area (Å²) in [5.74, 6) is 0.379. The Labute approximate surface area is 166 Å². The number of hydrogen-bond donors (Lipinski definition) is 0. The number of rotatable bonds is 7. The number of aromatic nitrogens is 2. The van der Waals surface area contributed by atoms with Crippen molar-refractivity contribution in [1.29, 1.82) is 0 Å². The fourth-order valence-corrected chi connectivity index (χ4v) is 3.18. The monoisotopic (exact) mass is 393 g/mol. The standard InChI is InChI=1S/C21H19N3O5/c1-13-19(28-18(23-13)11-14-8-9-14)21(25)29-20(15-5-4-10-22-12-15)16-6-2-3-7-17(16)24(26)27/h2-7,10,12,14,20H,8-9,11H2,1H3. The van der Waals surface area contributed by atoms with E-state index in [1.807, 2.05) is 0 Å². The number of hydrogen-bond acceptors (Lipinski definition) is 7. The number of nitrogens with zero attached hydrogens (tertiary/aromatic N) is 3. The number of nitro benzene ring substituents is 1. The summed E-state index contributed by atoms with van der Waals surface area (Å²) in [6, 6.07) is 9.54. The van der Waals surface area contributed by atoms with Gasteiger partial charge < -0.3 is 9.15 Å². The van der Waals surface area contributed by atoms with Gasteiger partial charge in [-0.1, -0.05) is 18.2 Å². The molecular weight excluding hydrogens is 374 g/mol. The van der Waals surface area contributed by atoms with Crippen LogP contribution in [0, 0.1) is 23.0 Å². The molecule has 2 heterocycles. The lowest BCUT2D eigenvalue weighted by Crippen LogP contribution is -2.15. The Bertz CT molecular complexity index is 1040. The van der Waals surface area contributed by atoms with Crippen LogP contribution in [0.1, 0.15) is 52.2 Å². The van der Waals surface area contributed by atoms with Crippen LogP contribution in [0.3, 0.4) is 0 Å². The molecule has 1 aliphatic rings. The van der Waals surface area contributed by atoms with Gasteiger partial charge in [0.1, 0.15) is 0 Å². The van der Waals surface area contributed by atoms with E-state index in [0.29, 0.717) is 29.5 Å². The molecule has 148 valence electrons. The third-order valence-electron chi connectivity index (χ3n) is 4.81. The van der Waals surface area contributed by atoms with Gasteiger partial charge in [0.25, 0.3) is 5.69 Å². The Hall–Kier alpha value is -3.55. The zero-order chi connectivity index (χ0) is 20.4. The molecule has 3 aromatic rings. The maximum atomic E-state index is 12.9. The fraction of sp³-hybridized carbons (Fsp3) is 0.286. The van der Waals surface area contributed by atoms with E-state index < -0.39 is 17.0 Å². The van der Waals surface area contributed by atoms with Crippen LogP contribution >= 0.6 is 0 Å². The largest absolute Gasteiger partial charge is 0.446 e. The van der Waals surface area contributed by atoms with E-state index in [0.717, 1.165) is 12.8 Å². The predicted molar refractivity (Wildman–Crippen MR) is 102 cm³/mol. The van der Waals surface area contributed by atoms with Crippen LogP contribution in [0.15, 0.2) is 53.2 Å². The van der Waals surface area contributed by atoms with Crippen molar-refractivity contribution in [1.82, 2.24) is 9.97 Å². The van der Waals surface area contributed by atoms with Gasteiger partial charge in [-0.2, -0.15) is 0 Å². The normalized spacial score (nSPS) is 14.4. The molecule has 0 saturated heterocycles. The lowest BCUT2D eigenvalue weighted by molar-refractivity contribution is -0.386. The molecule has 0 bridgehead atoms. The van der Waals surface area contributed by atoms with Crippen LogP contribution in [-0.2, 0) is 11.2 Å². The minimum atomic E-state index is -1.01. The summed E-state index contributed by atoms with van der Waals surface area (Å²) in [7, 11) is 0. The highest BCUT2D eigenvalue weighted by molar-refractivity contribution is 5.87. The third kappa shape index (κ3) is 4.16. The van der Waals surface area contributed by atoms with Gasteiger partial charge in [-0.05, 0) is 37.8 Å². The molecule has 29 heavy (non-hydrogen) atoms. The third-order valence-corrected chi connectivity index (χ3v) is 4.81. The Morgan fingerprint density at radius 3 is 2.79 bits per heavy atom. The number of carbonyl (C=O) groups excluding carboxylic acids is 1. The zero-order valence-corrected chi connectivity index (χ0v) is 15.8. The molecule has 0 radical (unpaired) electrons. The van der Waals surface area contributed by atoms with E-state index in [1.54, 1.807) is 43.5 Å². The van der Waals surface area contributed by atoms with E-state index in [-0.39, 0.29) is 17.0 Å². The molecule has 1 saturated carbocycles. The maximum absolute atomic E-state index is 12.9. The number of ether oxygens (including phenoxy) is 1. The van der Waals surface area contributed by atoms with E-state index in [4.69, 9.17) is 9.15 Å². The second-order valence-electron chi connectivity index (χ2n) is 7.06. The van der Waals surface area contributed by atoms with Gasteiger partial charge in [-0.15, -0.1) is 0 Å². The molecule has 1 aromatic carbocycles. The number of nitro groups is 1. The zero-order valence-electron chi connectivity index (χ0n) is 15.8. The quantitative estimate of drug-likeness (QED) is 0.336. The molecule has 1 unspecified atom stereocenters. The van der Waals surface area contributed by atoms with Crippen LogP contribution in [0.2, 0.25) is 0 Å². The van der Waals surface area contributed by atoms with Crippen LogP contribution < -0.4 is 0 Å². The number of aryl methyl sites for hydroxylation is 1. The summed E-state index contributed by atoms with van der Waals surface area (Å²) in [4.78, 5) is 32.2. The Morgan fingerprint density at radius 1 is 1.31 bits per heavy atom. The minimum absolute atomic E-state index is 0.0214.